The van der Waals surface area contributed by atoms with E-state index in [-0.39, 0.29) is 11.8 Å². The van der Waals surface area contributed by atoms with Crippen LogP contribution in [-0.4, -0.2) is 38.8 Å². The maximum Gasteiger partial charge on any atom is 0.236 e. The van der Waals surface area contributed by atoms with E-state index in [2.05, 4.69) is 25.3 Å². The van der Waals surface area contributed by atoms with Gasteiger partial charge in [-0.15, -0.1) is 0 Å². The Morgan fingerprint density at radius 3 is 2.16 bits per heavy atom. The van der Waals surface area contributed by atoms with E-state index in [0.29, 0.717) is 23.3 Å². The van der Waals surface area contributed by atoms with Crippen LogP contribution < -0.4 is 10.2 Å². The molecule has 10 heteroatoms. The summed E-state index contributed by atoms with van der Waals surface area (Å²) in [6.45, 7) is 13.6. The van der Waals surface area contributed by atoms with Gasteiger partial charge in [-0.3, -0.25) is 19.6 Å². The lowest BCUT2D eigenvalue weighted by Gasteiger charge is -2.16. The summed E-state index contributed by atoms with van der Waals surface area (Å²) < 4.78 is 11.9. The van der Waals surface area contributed by atoms with Gasteiger partial charge in [-0.05, 0) is 96.0 Å². The summed E-state index contributed by atoms with van der Waals surface area (Å²) in [5, 5.41) is 2.93. The van der Waals surface area contributed by atoms with Crippen molar-refractivity contribution in [1.29, 1.82) is 0 Å². The van der Waals surface area contributed by atoms with Gasteiger partial charge in [0, 0.05) is 58.9 Å². The van der Waals surface area contributed by atoms with Gasteiger partial charge in [-0.25, -0.2) is 9.97 Å². The van der Waals surface area contributed by atoms with Gasteiger partial charge in [-0.2, -0.15) is 0 Å². The number of aryl methyl sites for hydroxylation is 3. The maximum atomic E-state index is 12.5. The van der Waals surface area contributed by atoms with Crippen LogP contribution in [0.1, 0.15) is 55.9 Å². The number of anilines is 2. The highest BCUT2D eigenvalue weighted by Crippen LogP contribution is 2.43. The Hall–Kier alpha value is -5.90. The molecule has 8 rings (SSSR count). The Bertz CT molecular complexity index is 2300. The van der Waals surface area contributed by atoms with Crippen molar-refractivity contribution in [3.05, 3.63) is 107 Å². The summed E-state index contributed by atoms with van der Waals surface area (Å²) in [6, 6.07) is 19.6. The minimum absolute atomic E-state index is 0.0140. The van der Waals surface area contributed by atoms with E-state index in [1.165, 1.54) is 0 Å². The molecular formula is C40H38N6O4. The number of nitrogens with one attached hydrogen (secondary N) is 1. The predicted octanol–water partition coefficient (Wildman–Crippen LogP) is 8.22. The molecule has 2 amide bonds. The van der Waals surface area contributed by atoms with E-state index < -0.39 is 10.8 Å². The van der Waals surface area contributed by atoms with Gasteiger partial charge >= 0.3 is 0 Å². The summed E-state index contributed by atoms with van der Waals surface area (Å²) in [5.74, 6) is 2.61. The Morgan fingerprint density at radius 1 is 0.680 bits per heavy atom. The highest BCUT2D eigenvalue weighted by molar-refractivity contribution is 6.08. The van der Waals surface area contributed by atoms with E-state index in [1.54, 1.807) is 23.5 Å². The molecule has 0 radical (unpaired) electrons. The molecule has 0 fully saturated rings. The molecule has 0 bridgehead atoms. The molecule has 252 valence electrons. The second kappa shape index (κ2) is 11.9. The SMILES string of the molecule is Cc1cc(-c2ncc(-c3ccc4c(c3)NC(=O)C4(C)C)o2)ccn1.Cc1ccc(-c2nc(C)c(-c3ccc4c(c3)N(C)C(=O)C4(C)C)o2)cn1. The van der Waals surface area contributed by atoms with Crippen LogP contribution in [0.2, 0.25) is 0 Å². The fourth-order valence-electron chi connectivity index (χ4n) is 6.47. The number of carbonyl (C=O) groups is 2. The van der Waals surface area contributed by atoms with Crippen LogP contribution in [0.4, 0.5) is 11.4 Å². The number of fused-ring (bicyclic) bond motifs is 2. The van der Waals surface area contributed by atoms with Crippen molar-refractivity contribution in [1.82, 2.24) is 19.9 Å². The first-order chi connectivity index (χ1) is 23.7. The third kappa shape index (κ3) is 5.56. The molecule has 0 atom stereocenters. The van der Waals surface area contributed by atoms with Crippen molar-refractivity contribution in [2.75, 3.05) is 17.3 Å². The molecule has 0 spiro atoms. The Labute approximate surface area is 290 Å². The number of hydrogen-bond acceptors (Lipinski definition) is 8. The van der Waals surface area contributed by atoms with Gasteiger partial charge in [0.05, 0.1) is 28.3 Å². The quantitative estimate of drug-likeness (QED) is 0.199. The van der Waals surface area contributed by atoms with Crippen LogP contribution in [0.5, 0.6) is 0 Å². The number of amides is 2. The van der Waals surface area contributed by atoms with Crippen molar-refractivity contribution >= 4 is 23.2 Å². The normalized spacial score (nSPS) is 15.3. The number of likely N-dealkylation sites (N-methyl/N-ethyl adjacent to an activating group) is 1. The van der Waals surface area contributed by atoms with Crippen LogP contribution in [-0.2, 0) is 20.4 Å². The third-order valence-corrected chi connectivity index (χ3v) is 9.53. The second-order valence-corrected chi connectivity index (χ2v) is 13.9. The summed E-state index contributed by atoms with van der Waals surface area (Å²) in [6.07, 6.45) is 5.21. The first-order valence-corrected chi connectivity index (χ1v) is 16.4. The average molecular weight is 667 g/mol. The Balaban J connectivity index is 0.000000157. The minimum Gasteiger partial charge on any atom is -0.436 e. The minimum atomic E-state index is -0.505. The first kappa shape index (κ1) is 32.6. The molecule has 2 aromatic carbocycles. The zero-order valence-corrected chi connectivity index (χ0v) is 29.4. The molecule has 2 aliphatic heterocycles. The zero-order valence-electron chi connectivity index (χ0n) is 29.4. The van der Waals surface area contributed by atoms with E-state index in [1.807, 2.05) is 116 Å². The predicted molar refractivity (Wildman–Crippen MR) is 193 cm³/mol. The number of oxazole rings is 2. The first-order valence-electron chi connectivity index (χ1n) is 16.4. The molecule has 6 aromatic rings. The standard InChI is InChI=1S/C21H21N3O2.C19H17N3O2/c1-12-6-7-15(11-22-12)19-23-13(2)18(26-19)14-8-9-16-17(10-14)24(5)20(25)21(16,3)4;1-11-8-13(6-7-20-11)17-21-10-16(24-17)12-4-5-14-15(9-12)22-18(23)19(14,2)3/h6-11H,1-5H3;4-10H,1-3H3,(H,22,23). The molecule has 2 aliphatic rings. The molecule has 4 aromatic heterocycles. The van der Waals surface area contributed by atoms with E-state index in [0.717, 1.165) is 61.8 Å². The van der Waals surface area contributed by atoms with Crippen molar-refractivity contribution in [3.63, 3.8) is 0 Å². The lowest BCUT2D eigenvalue weighted by Crippen LogP contribution is -2.33. The molecule has 0 saturated heterocycles. The van der Waals surface area contributed by atoms with E-state index >= 15 is 0 Å². The molecule has 0 aliphatic carbocycles. The molecule has 50 heavy (non-hydrogen) atoms. The van der Waals surface area contributed by atoms with Crippen molar-refractivity contribution in [2.24, 2.45) is 0 Å². The maximum absolute atomic E-state index is 12.5. The fourth-order valence-corrected chi connectivity index (χ4v) is 6.47. The van der Waals surface area contributed by atoms with Gasteiger partial charge in [0.15, 0.2) is 11.5 Å². The molecule has 0 saturated carbocycles. The summed E-state index contributed by atoms with van der Waals surface area (Å²) in [5.41, 5.74) is 9.00. The summed E-state index contributed by atoms with van der Waals surface area (Å²) in [4.78, 5) is 43.7. The van der Waals surface area contributed by atoms with Gasteiger partial charge in [0.25, 0.3) is 0 Å². The smallest absolute Gasteiger partial charge is 0.236 e. The third-order valence-electron chi connectivity index (χ3n) is 9.53. The molecule has 0 unspecified atom stereocenters. The van der Waals surface area contributed by atoms with E-state index in [4.69, 9.17) is 8.83 Å². The van der Waals surface area contributed by atoms with Crippen molar-refractivity contribution in [3.8, 4) is 45.6 Å². The average Bonchev–Trinajstić information content (AvgIpc) is 3.83. The summed E-state index contributed by atoms with van der Waals surface area (Å²) in [7, 11) is 1.82. The zero-order chi connectivity index (χ0) is 35.5. The molecular weight excluding hydrogens is 628 g/mol. The van der Waals surface area contributed by atoms with Gasteiger partial charge in [0.2, 0.25) is 23.6 Å². The molecule has 1 N–H and O–H groups in total. The highest BCUT2D eigenvalue weighted by Gasteiger charge is 2.42. The Kier molecular flexibility index (Phi) is 7.77. The largest absolute Gasteiger partial charge is 0.436 e. The van der Waals surface area contributed by atoms with E-state index in [9.17, 15) is 9.59 Å². The number of nitrogens with zero attached hydrogens (tertiary/aromatic N) is 5. The van der Waals surface area contributed by atoms with Crippen LogP contribution in [0.15, 0.2) is 88.1 Å². The number of benzene rings is 2. The van der Waals surface area contributed by atoms with Crippen molar-refractivity contribution in [2.45, 2.75) is 59.3 Å². The lowest BCUT2D eigenvalue weighted by atomic mass is 9.86. The second-order valence-electron chi connectivity index (χ2n) is 13.9. The van der Waals surface area contributed by atoms with Gasteiger partial charge in [0.1, 0.15) is 0 Å². The monoisotopic (exact) mass is 666 g/mol. The number of rotatable bonds is 4. The molecule has 6 heterocycles. The lowest BCUT2D eigenvalue weighted by molar-refractivity contribution is -0.122. The number of carbonyl (C=O) groups excluding carboxylic acids is 2. The van der Waals surface area contributed by atoms with Gasteiger partial charge in [-0.1, -0.05) is 24.3 Å². The van der Waals surface area contributed by atoms with Crippen LogP contribution in [0, 0.1) is 20.8 Å². The molecule has 10 nitrogen and oxygen atoms in total. The summed E-state index contributed by atoms with van der Waals surface area (Å²) >= 11 is 0. The van der Waals surface area contributed by atoms with Crippen LogP contribution in [0.25, 0.3) is 45.6 Å². The van der Waals surface area contributed by atoms with Crippen LogP contribution >= 0.6 is 0 Å². The number of pyridine rings is 2. The fraction of sp³-hybridized carbons (Fsp3) is 0.250. The van der Waals surface area contributed by atoms with Crippen molar-refractivity contribution < 1.29 is 18.4 Å². The Morgan fingerprint density at radius 2 is 1.42 bits per heavy atom. The van der Waals surface area contributed by atoms with Crippen LogP contribution in [0.3, 0.4) is 0 Å². The number of aromatic nitrogens is 4. The van der Waals surface area contributed by atoms with Gasteiger partial charge < -0.3 is 19.1 Å². The topological polar surface area (TPSA) is 127 Å². The number of hydrogen-bond donors (Lipinski definition) is 1. The highest BCUT2D eigenvalue weighted by atomic mass is 16.4.